The van der Waals surface area contributed by atoms with Crippen molar-refractivity contribution in [2.24, 2.45) is 5.16 Å². The summed E-state index contributed by atoms with van der Waals surface area (Å²) in [6.07, 6.45) is 1.56. The van der Waals surface area contributed by atoms with Gasteiger partial charge in [0, 0.05) is 5.69 Å². The average molecular weight is 407 g/mol. The minimum absolute atomic E-state index is 0.261. The van der Waals surface area contributed by atoms with E-state index in [1.165, 1.54) is 0 Å². The third-order valence-corrected chi connectivity index (χ3v) is 3.99. The summed E-state index contributed by atoms with van der Waals surface area (Å²) in [5, 5.41) is 11.1. The number of nitrogens with one attached hydrogen (secondary N) is 1. The zero-order chi connectivity index (χ0) is 21.6. The Hall–Kier alpha value is -3.61. The fraction of sp³-hybridized carbons (Fsp3) is 0.261. The standard InChI is InChI=1S/C23H25N3O4/c1-16-20(21(26-25-16)29-19-8-6-5-7-9-19)14-24-28-15-17-10-12-18(13-11-17)22(27)30-23(2,3)4/h5-14H,15H2,1-4H3,(H,25,26). The number of carbonyl (C=O) groups excluding carboxylic acids is 1. The van der Waals surface area contributed by atoms with Gasteiger partial charge in [0.1, 0.15) is 18.0 Å². The topological polar surface area (TPSA) is 85.8 Å². The molecule has 1 aromatic heterocycles. The van der Waals surface area contributed by atoms with Crippen LogP contribution in [0, 0.1) is 6.92 Å². The van der Waals surface area contributed by atoms with Crippen molar-refractivity contribution in [3.05, 3.63) is 77.0 Å². The van der Waals surface area contributed by atoms with Gasteiger partial charge in [0.25, 0.3) is 0 Å². The molecular weight excluding hydrogens is 382 g/mol. The molecule has 1 N–H and O–H groups in total. The van der Waals surface area contributed by atoms with E-state index in [0.29, 0.717) is 22.8 Å². The van der Waals surface area contributed by atoms with Crippen LogP contribution in [0.4, 0.5) is 0 Å². The fourth-order valence-corrected chi connectivity index (χ4v) is 2.52. The lowest BCUT2D eigenvalue weighted by Crippen LogP contribution is -2.23. The number of ether oxygens (including phenoxy) is 2. The largest absolute Gasteiger partial charge is 0.456 e. The molecule has 7 heteroatoms. The molecule has 0 saturated carbocycles. The van der Waals surface area contributed by atoms with Crippen molar-refractivity contribution in [1.29, 1.82) is 0 Å². The molecule has 2 aromatic carbocycles. The molecule has 3 rings (SSSR count). The van der Waals surface area contributed by atoms with Crippen LogP contribution in [0.25, 0.3) is 0 Å². The molecule has 0 bridgehead atoms. The monoisotopic (exact) mass is 407 g/mol. The van der Waals surface area contributed by atoms with Gasteiger partial charge in [0.05, 0.1) is 17.3 Å². The first-order valence-corrected chi connectivity index (χ1v) is 9.57. The molecule has 0 fully saturated rings. The number of nitrogens with zero attached hydrogens (tertiary/aromatic N) is 2. The summed E-state index contributed by atoms with van der Waals surface area (Å²) in [5.74, 6) is 0.756. The van der Waals surface area contributed by atoms with Crippen LogP contribution in [0.1, 0.15) is 48.0 Å². The smallest absolute Gasteiger partial charge is 0.338 e. The van der Waals surface area contributed by atoms with Crippen LogP contribution in [-0.2, 0) is 16.2 Å². The molecule has 156 valence electrons. The quantitative estimate of drug-likeness (QED) is 0.338. The SMILES string of the molecule is Cc1[nH]nc(Oc2ccccc2)c1C=NOCc1ccc(C(=O)OC(C)(C)C)cc1. The van der Waals surface area contributed by atoms with Gasteiger partial charge < -0.3 is 14.3 Å². The molecule has 1 heterocycles. The Morgan fingerprint density at radius 1 is 1.10 bits per heavy atom. The molecular formula is C23H25N3O4. The molecule has 0 saturated heterocycles. The second-order valence-corrected chi connectivity index (χ2v) is 7.69. The molecule has 0 aliphatic rings. The van der Waals surface area contributed by atoms with Gasteiger partial charge in [-0.25, -0.2) is 4.79 Å². The Labute approximate surface area is 175 Å². The van der Waals surface area contributed by atoms with Crippen LogP contribution in [0.15, 0.2) is 59.8 Å². The normalized spacial score (nSPS) is 11.5. The fourth-order valence-electron chi connectivity index (χ4n) is 2.52. The van der Waals surface area contributed by atoms with Gasteiger partial charge in [-0.05, 0) is 57.5 Å². The Bertz CT molecular complexity index is 1000. The van der Waals surface area contributed by atoms with Crippen LogP contribution in [0.2, 0.25) is 0 Å². The summed E-state index contributed by atoms with van der Waals surface area (Å²) in [5.41, 5.74) is 2.37. The lowest BCUT2D eigenvalue weighted by Gasteiger charge is -2.19. The number of hydrogen-bond donors (Lipinski definition) is 1. The second kappa shape index (κ2) is 9.26. The molecule has 3 aromatic rings. The molecule has 7 nitrogen and oxygen atoms in total. The maximum atomic E-state index is 12.1. The molecule has 0 atom stereocenters. The van der Waals surface area contributed by atoms with E-state index in [0.717, 1.165) is 11.3 Å². The van der Waals surface area contributed by atoms with Crippen molar-refractivity contribution in [2.75, 3.05) is 0 Å². The number of H-pyrrole nitrogens is 1. The number of aromatic nitrogens is 2. The van der Waals surface area contributed by atoms with Crippen molar-refractivity contribution in [1.82, 2.24) is 10.2 Å². The maximum absolute atomic E-state index is 12.1. The van der Waals surface area contributed by atoms with Crippen LogP contribution < -0.4 is 4.74 Å². The van der Waals surface area contributed by atoms with Gasteiger partial charge in [-0.1, -0.05) is 35.5 Å². The van der Waals surface area contributed by atoms with E-state index in [4.69, 9.17) is 14.3 Å². The zero-order valence-corrected chi connectivity index (χ0v) is 17.5. The summed E-state index contributed by atoms with van der Waals surface area (Å²) < 4.78 is 11.1. The Kier molecular flexibility index (Phi) is 6.51. The van der Waals surface area contributed by atoms with Crippen molar-refractivity contribution < 1.29 is 19.1 Å². The lowest BCUT2D eigenvalue weighted by atomic mass is 10.1. The molecule has 0 radical (unpaired) electrons. The van der Waals surface area contributed by atoms with Crippen LogP contribution in [0.5, 0.6) is 11.6 Å². The first-order chi connectivity index (χ1) is 14.3. The Morgan fingerprint density at radius 3 is 2.47 bits per heavy atom. The number of oxime groups is 1. The summed E-state index contributed by atoms with van der Waals surface area (Å²) in [4.78, 5) is 17.5. The number of rotatable bonds is 7. The number of aryl methyl sites for hydroxylation is 1. The van der Waals surface area contributed by atoms with Gasteiger partial charge in [0.2, 0.25) is 5.88 Å². The highest BCUT2D eigenvalue weighted by Gasteiger charge is 2.17. The number of para-hydroxylation sites is 1. The number of esters is 1. The van der Waals surface area contributed by atoms with Crippen molar-refractivity contribution >= 4 is 12.2 Å². The molecule has 0 aliphatic carbocycles. The first kappa shape index (κ1) is 21.1. The lowest BCUT2D eigenvalue weighted by molar-refractivity contribution is 0.00694. The summed E-state index contributed by atoms with van der Waals surface area (Å²) in [6, 6.07) is 16.4. The molecule has 30 heavy (non-hydrogen) atoms. The molecule has 0 unspecified atom stereocenters. The van der Waals surface area contributed by atoms with Crippen molar-refractivity contribution in [3.63, 3.8) is 0 Å². The number of carbonyl (C=O) groups is 1. The first-order valence-electron chi connectivity index (χ1n) is 9.57. The Morgan fingerprint density at radius 2 is 1.80 bits per heavy atom. The van der Waals surface area contributed by atoms with E-state index in [-0.39, 0.29) is 12.6 Å². The Balaban J connectivity index is 1.57. The van der Waals surface area contributed by atoms with Gasteiger partial charge in [-0.15, -0.1) is 5.10 Å². The highest BCUT2D eigenvalue weighted by atomic mass is 16.6. The van der Waals surface area contributed by atoms with Crippen LogP contribution >= 0.6 is 0 Å². The summed E-state index contributed by atoms with van der Waals surface area (Å²) in [6.45, 7) is 7.65. The van der Waals surface area contributed by atoms with E-state index in [2.05, 4.69) is 15.4 Å². The van der Waals surface area contributed by atoms with Crippen molar-refractivity contribution in [3.8, 4) is 11.6 Å². The molecule has 0 amide bonds. The third-order valence-electron chi connectivity index (χ3n) is 3.99. The van der Waals surface area contributed by atoms with Gasteiger partial charge >= 0.3 is 5.97 Å². The second-order valence-electron chi connectivity index (χ2n) is 7.69. The van der Waals surface area contributed by atoms with Gasteiger partial charge in [0.15, 0.2) is 0 Å². The van der Waals surface area contributed by atoms with Gasteiger partial charge in [-0.2, -0.15) is 0 Å². The van der Waals surface area contributed by atoms with Gasteiger partial charge in [-0.3, -0.25) is 5.10 Å². The van der Waals surface area contributed by atoms with E-state index < -0.39 is 5.60 Å². The summed E-state index contributed by atoms with van der Waals surface area (Å²) in [7, 11) is 0. The number of hydrogen-bond acceptors (Lipinski definition) is 6. The predicted molar refractivity (Wildman–Crippen MR) is 114 cm³/mol. The predicted octanol–water partition coefficient (Wildman–Crippen LogP) is 5.02. The average Bonchev–Trinajstić information content (AvgIpc) is 3.04. The van der Waals surface area contributed by atoms with Crippen molar-refractivity contribution in [2.45, 2.75) is 39.9 Å². The van der Waals surface area contributed by atoms with E-state index in [9.17, 15) is 4.79 Å². The van der Waals surface area contributed by atoms with E-state index in [1.807, 2.05) is 70.2 Å². The van der Waals surface area contributed by atoms with Crippen LogP contribution in [-0.4, -0.2) is 28.0 Å². The summed E-state index contributed by atoms with van der Waals surface area (Å²) >= 11 is 0. The minimum Gasteiger partial charge on any atom is -0.456 e. The molecule has 0 aliphatic heterocycles. The van der Waals surface area contributed by atoms with E-state index in [1.54, 1.807) is 18.3 Å². The van der Waals surface area contributed by atoms with Crippen LogP contribution in [0.3, 0.4) is 0 Å². The molecule has 0 spiro atoms. The number of benzene rings is 2. The zero-order valence-electron chi connectivity index (χ0n) is 17.5. The van der Waals surface area contributed by atoms with E-state index >= 15 is 0 Å². The number of aromatic amines is 1. The third kappa shape index (κ3) is 5.94. The maximum Gasteiger partial charge on any atom is 0.338 e. The highest BCUT2D eigenvalue weighted by Crippen LogP contribution is 2.23. The highest BCUT2D eigenvalue weighted by molar-refractivity contribution is 5.89. The minimum atomic E-state index is -0.526.